The molecule has 0 radical (unpaired) electrons. The standard InChI is InChI=1S/C17H17NO3S/c1-13-7-9-15(10-8-13)22(19,20)18-11-16-17(12-18,21-16)14-5-3-2-4-6-14/h2-10,16H,11-12H2,1H3/t16-,17-/m1/s1. The van der Waals surface area contributed by atoms with Gasteiger partial charge in [-0.1, -0.05) is 48.0 Å². The molecule has 2 aromatic carbocycles. The summed E-state index contributed by atoms with van der Waals surface area (Å²) in [4.78, 5) is 0.350. The first-order valence-electron chi connectivity index (χ1n) is 7.32. The number of rotatable bonds is 3. The average Bonchev–Trinajstić information content (AvgIpc) is 3.10. The molecule has 22 heavy (non-hydrogen) atoms. The zero-order valence-corrected chi connectivity index (χ0v) is 13.1. The number of nitrogens with zero attached hydrogens (tertiary/aromatic N) is 1. The molecule has 4 nitrogen and oxygen atoms in total. The van der Waals surface area contributed by atoms with Crippen LogP contribution in [0.25, 0.3) is 0 Å². The third-order valence-corrected chi connectivity index (χ3v) is 6.34. The summed E-state index contributed by atoms with van der Waals surface area (Å²) < 4.78 is 32.9. The van der Waals surface area contributed by atoms with Crippen LogP contribution in [0.1, 0.15) is 11.1 Å². The van der Waals surface area contributed by atoms with Crippen LogP contribution in [0.3, 0.4) is 0 Å². The molecule has 0 aromatic heterocycles. The molecule has 0 unspecified atom stereocenters. The van der Waals surface area contributed by atoms with Crippen LogP contribution in [-0.2, 0) is 20.4 Å². The first-order valence-corrected chi connectivity index (χ1v) is 8.76. The Morgan fingerprint density at radius 2 is 1.77 bits per heavy atom. The lowest BCUT2D eigenvalue weighted by atomic mass is 9.98. The normalized spacial score (nSPS) is 27.6. The Bertz CT molecular complexity index is 802. The molecule has 2 heterocycles. The summed E-state index contributed by atoms with van der Waals surface area (Å²) in [5.41, 5.74) is 1.66. The van der Waals surface area contributed by atoms with E-state index in [0.717, 1.165) is 11.1 Å². The summed E-state index contributed by atoms with van der Waals surface area (Å²) in [7, 11) is -3.45. The van der Waals surface area contributed by atoms with Crippen molar-refractivity contribution in [1.82, 2.24) is 4.31 Å². The van der Waals surface area contributed by atoms with Crippen molar-refractivity contribution >= 4 is 10.0 Å². The van der Waals surface area contributed by atoms with E-state index in [9.17, 15) is 8.42 Å². The van der Waals surface area contributed by atoms with Gasteiger partial charge in [0.15, 0.2) is 0 Å². The Balaban J connectivity index is 1.63. The average molecular weight is 315 g/mol. The van der Waals surface area contributed by atoms with Gasteiger partial charge in [0.1, 0.15) is 11.7 Å². The highest BCUT2D eigenvalue weighted by Crippen LogP contribution is 2.52. The lowest BCUT2D eigenvalue weighted by Gasteiger charge is -2.20. The van der Waals surface area contributed by atoms with E-state index in [4.69, 9.17) is 4.74 Å². The van der Waals surface area contributed by atoms with Crippen LogP contribution in [0.15, 0.2) is 59.5 Å². The third-order valence-electron chi connectivity index (χ3n) is 4.52. The Morgan fingerprint density at radius 1 is 1.09 bits per heavy atom. The van der Waals surface area contributed by atoms with Crippen LogP contribution in [-0.4, -0.2) is 31.9 Å². The van der Waals surface area contributed by atoms with E-state index in [1.807, 2.05) is 49.4 Å². The van der Waals surface area contributed by atoms with E-state index in [1.165, 1.54) is 0 Å². The second-order valence-electron chi connectivity index (χ2n) is 5.97. The van der Waals surface area contributed by atoms with E-state index in [2.05, 4.69) is 0 Å². The van der Waals surface area contributed by atoms with Crippen molar-refractivity contribution in [2.24, 2.45) is 0 Å². The highest BCUT2D eigenvalue weighted by atomic mass is 32.2. The molecule has 0 amide bonds. The van der Waals surface area contributed by atoms with Crippen LogP contribution in [0.5, 0.6) is 0 Å². The van der Waals surface area contributed by atoms with Gasteiger partial charge in [-0.3, -0.25) is 0 Å². The maximum atomic E-state index is 12.8. The number of fused-ring (bicyclic) bond motifs is 1. The minimum absolute atomic E-state index is 0.0323. The number of hydrogen-bond donors (Lipinski definition) is 0. The first kappa shape index (κ1) is 13.9. The Morgan fingerprint density at radius 3 is 2.45 bits per heavy atom. The summed E-state index contributed by atoms with van der Waals surface area (Å²) in [6.45, 7) is 2.75. The highest BCUT2D eigenvalue weighted by molar-refractivity contribution is 7.89. The van der Waals surface area contributed by atoms with Crippen molar-refractivity contribution < 1.29 is 13.2 Å². The number of aryl methyl sites for hydroxylation is 1. The quantitative estimate of drug-likeness (QED) is 0.817. The van der Waals surface area contributed by atoms with E-state index in [0.29, 0.717) is 18.0 Å². The molecule has 2 saturated heterocycles. The summed E-state index contributed by atoms with van der Waals surface area (Å²) in [6, 6.07) is 16.9. The fraction of sp³-hybridized carbons (Fsp3) is 0.294. The van der Waals surface area contributed by atoms with Crippen LogP contribution < -0.4 is 0 Å². The predicted molar refractivity (Wildman–Crippen MR) is 82.9 cm³/mol. The third kappa shape index (κ3) is 2.00. The SMILES string of the molecule is Cc1ccc(S(=O)(=O)N2C[C@H]3O[C@@]3(c3ccccc3)C2)cc1. The summed E-state index contributed by atoms with van der Waals surface area (Å²) in [5.74, 6) is 0. The lowest BCUT2D eigenvalue weighted by Crippen LogP contribution is -2.33. The van der Waals surface area contributed by atoms with Gasteiger partial charge in [-0.05, 0) is 24.6 Å². The van der Waals surface area contributed by atoms with Gasteiger partial charge in [0, 0.05) is 6.54 Å². The second-order valence-corrected chi connectivity index (χ2v) is 7.91. The first-order chi connectivity index (χ1) is 10.5. The second kappa shape index (κ2) is 4.65. The molecule has 0 bridgehead atoms. The van der Waals surface area contributed by atoms with E-state index in [1.54, 1.807) is 16.4 Å². The van der Waals surface area contributed by atoms with Crippen molar-refractivity contribution in [3.05, 3.63) is 65.7 Å². The fourth-order valence-corrected chi connectivity index (χ4v) is 4.63. The fourth-order valence-electron chi connectivity index (χ4n) is 3.16. The molecule has 2 fully saturated rings. The molecule has 0 spiro atoms. The minimum atomic E-state index is -3.45. The van der Waals surface area contributed by atoms with Gasteiger partial charge < -0.3 is 4.74 Å². The Kier molecular flexibility index (Phi) is 2.95. The maximum Gasteiger partial charge on any atom is 0.243 e. The van der Waals surface area contributed by atoms with Crippen LogP contribution >= 0.6 is 0 Å². The van der Waals surface area contributed by atoms with Crippen molar-refractivity contribution in [3.8, 4) is 0 Å². The van der Waals surface area contributed by atoms with Gasteiger partial charge in [0.25, 0.3) is 0 Å². The maximum absolute atomic E-state index is 12.8. The molecule has 0 N–H and O–H groups in total. The molecule has 2 aliphatic heterocycles. The van der Waals surface area contributed by atoms with E-state index in [-0.39, 0.29) is 6.10 Å². The number of epoxide rings is 1. The van der Waals surface area contributed by atoms with Gasteiger partial charge in [0.2, 0.25) is 10.0 Å². The Labute approximate surface area is 130 Å². The van der Waals surface area contributed by atoms with Gasteiger partial charge >= 0.3 is 0 Å². The molecule has 2 aromatic rings. The van der Waals surface area contributed by atoms with Crippen molar-refractivity contribution in [3.63, 3.8) is 0 Å². The molecule has 0 aliphatic carbocycles. The van der Waals surface area contributed by atoms with E-state index < -0.39 is 15.6 Å². The molecular weight excluding hydrogens is 298 g/mol. The van der Waals surface area contributed by atoms with Gasteiger partial charge in [0.05, 0.1) is 11.4 Å². The number of ether oxygens (including phenoxy) is 1. The van der Waals surface area contributed by atoms with Gasteiger partial charge in [-0.25, -0.2) is 8.42 Å². The number of hydrogen-bond acceptors (Lipinski definition) is 3. The molecular formula is C17H17NO3S. The van der Waals surface area contributed by atoms with Crippen LogP contribution in [0.4, 0.5) is 0 Å². The molecule has 2 aliphatic rings. The van der Waals surface area contributed by atoms with Crippen molar-refractivity contribution in [2.45, 2.75) is 23.5 Å². The topological polar surface area (TPSA) is 49.9 Å². The molecule has 4 rings (SSSR count). The predicted octanol–water partition coefficient (Wildman–Crippen LogP) is 2.29. The molecule has 2 atom stereocenters. The number of sulfonamides is 1. The van der Waals surface area contributed by atoms with Gasteiger partial charge in [-0.15, -0.1) is 0 Å². The minimum Gasteiger partial charge on any atom is -0.358 e. The zero-order valence-electron chi connectivity index (χ0n) is 12.3. The zero-order chi connectivity index (χ0) is 15.4. The Hall–Kier alpha value is -1.69. The monoisotopic (exact) mass is 315 g/mol. The largest absolute Gasteiger partial charge is 0.358 e. The number of morpholine rings is 1. The smallest absolute Gasteiger partial charge is 0.243 e. The van der Waals surface area contributed by atoms with E-state index >= 15 is 0 Å². The molecule has 114 valence electrons. The van der Waals surface area contributed by atoms with Gasteiger partial charge in [-0.2, -0.15) is 4.31 Å². The van der Waals surface area contributed by atoms with Crippen molar-refractivity contribution in [2.75, 3.05) is 13.1 Å². The highest BCUT2D eigenvalue weighted by Gasteiger charge is 2.65. The summed E-state index contributed by atoms with van der Waals surface area (Å²) >= 11 is 0. The summed E-state index contributed by atoms with van der Waals surface area (Å²) in [5, 5.41) is 0. The molecule has 5 heteroatoms. The van der Waals surface area contributed by atoms with Crippen molar-refractivity contribution in [1.29, 1.82) is 0 Å². The van der Waals surface area contributed by atoms with Crippen LogP contribution in [0.2, 0.25) is 0 Å². The summed E-state index contributed by atoms with van der Waals surface area (Å²) in [6.07, 6.45) is -0.0323. The van der Waals surface area contributed by atoms with Crippen LogP contribution in [0, 0.1) is 6.92 Å². The lowest BCUT2D eigenvalue weighted by molar-refractivity contribution is 0.216. The number of benzene rings is 2. The molecule has 0 saturated carbocycles.